The van der Waals surface area contributed by atoms with Crippen LogP contribution in [0.3, 0.4) is 0 Å². The maximum Gasteiger partial charge on any atom is 0.442 e. The number of halogens is 6. The van der Waals surface area contributed by atoms with Crippen LogP contribution in [0.5, 0.6) is 0 Å². The van der Waals surface area contributed by atoms with Gasteiger partial charge in [0.1, 0.15) is 18.7 Å². The van der Waals surface area contributed by atoms with Crippen LogP contribution in [0.4, 0.5) is 35.9 Å². The van der Waals surface area contributed by atoms with Crippen LogP contribution in [0, 0.1) is 0 Å². The standard InChI is InChI=1S/C42H58F3N9O12S2.C33H48F3N7O9S/c43-42(44,45)41(53-54-41)30-11-7-29(8-12-30)38(58)51-33(27-36(56)64-21-18-50-37(57)28-9-13-31(14-10-28)68-66-65-47)39(59)49-17-4-20-62-23-25-63-24-22-61-19-3-16-48-35(55)6-2-1-5-34-32(15-26-67-34)52-40(46)60;34-33(35,36)32(42-43-32)23-9-7-22(8-10-23)29(47)40-25(21-28(45)46)30(48)39-13-4-15-51-17-19-52-18-16-50-14-3-12-38-27(44)6-2-1-5-26-24(11-20-53-26)41-31(37)49/h7-14,32-34H,1-6,15-27,47H2,(H,48,55)(H,49,59)(H,50,57)(H,51,58)(H3,46,52,60);7-10,24-26H,1-6,11-21H2,(H,38,44)(H,39,48)(H,40,47)(H,45,46)(H3,37,41,49)/t32-,33+,34-;24-,25+,26-/m00/s1. The molecule has 0 radical (unpaired) electrons. The Labute approximate surface area is 706 Å². The number of nitrogens with one attached hydrogen (secondary N) is 9. The second-order valence-electron chi connectivity index (χ2n) is 27.5. The summed E-state index contributed by atoms with van der Waals surface area (Å²) < 4.78 is 123. The molecule has 11 amide bonds. The zero-order valence-corrected chi connectivity index (χ0v) is 68.9. The molecule has 37 nitrogen and oxygen atoms in total. The van der Waals surface area contributed by atoms with Crippen LogP contribution in [-0.4, -0.2) is 248 Å². The minimum Gasteiger partial charge on any atom is -0.481 e. The van der Waals surface area contributed by atoms with Gasteiger partial charge in [0.15, 0.2) is 0 Å². The van der Waals surface area contributed by atoms with Crippen molar-refractivity contribution >= 4 is 101 Å². The summed E-state index contributed by atoms with van der Waals surface area (Å²) in [7, 11) is 0. The number of nitrogens with zero attached hydrogens (tertiary/aromatic N) is 4. The molecule has 2 fully saturated rings. The lowest BCUT2D eigenvalue weighted by Gasteiger charge is -2.19. The summed E-state index contributed by atoms with van der Waals surface area (Å²) in [6.07, 6.45) is -0.761. The molecule has 4 aliphatic rings. The van der Waals surface area contributed by atoms with Gasteiger partial charge >= 0.3 is 47.7 Å². The number of carboxylic acids is 1. The summed E-state index contributed by atoms with van der Waals surface area (Å²) in [5.41, 5.74) is 4.73. The molecule has 0 saturated carbocycles. The van der Waals surface area contributed by atoms with Crippen LogP contribution >= 0.6 is 35.6 Å². The summed E-state index contributed by atoms with van der Waals surface area (Å²) >= 11 is 4.50. The Morgan fingerprint density at radius 3 is 1.19 bits per heavy atom. The number of hydrogen-bond acceptors (Lipinski definition) is 28. The Balaban J connectivity index is 0.000000387. The molecule has 672 valence electrons. The van der Waals surface area contributed by atoms with Crippen LogP contribution in [-0.2, 0) is 82.6 Å². The van der Waals surface area contributed by atoms with Gasteiger partial charge in [-0.05, 0) is 124 Å². The first kappa shape index (κ1) is 101. The Hall–Kier alpha value is -9.10. The molecule has 4 heterocycles. The monoisotopic (exact) mass is 1780 g/mol. The average Bonchev–Trinajstić information content (AvgIpc) is 1.58. The first-order valence-electron chi connectivity index (χ1n) is 39.2. The zero-order valence-electron chi connectivity index (χ0n) is 66.5. The minimum absolute atomic E-state index is 0.00532. The van der Waals surface area contributed by atoms with E-state index in [1.165, 1.54) is 12.1 Å². The highest BCUT2D eigenvalue weighted by atomic mass is 32.2. The number of thioether (sulfide) groups is 2. The number of benzene rings is 3. The predicted octanol–water partition coefficient (Wildman–Crippen LogP) is 5.93. The molecule has 16 N–H and O–H groups in total. The van der Waals surface area contributed by atoms with Crippen LogP contribution in [0.25, 0.3) is 0 Å². The van der Waals surface area contributed by atoms with E-state index in [1.807, 2.05) is 23.5 Å². The lowest BCUT2D eigenvalue weighted by Crippen LogP contribution is -2.48. The van der Waals surface area contributed by atoms with E-state index in [0.717, 1.165) is 123 Å². The van der Waals surface area contributed by atoms with E-state index in [2.05, 4.69) is 77.6 Å². The van der Waals surface area contributed by atoms with Gasteiger partial charge in [0.2, 0.25) is 23.6 Å². The number of carboxylic acid groups (broad SMARTS) is 1. The van der Waals surface area contributed by atoms with Crippen molar-refractivity contribution in [2.45, 2.75) is 166 Å². The Bertz CT molecular complexity index is 3810. The number of ether oxygens (including phenoxy) is 7. The first-order chi connectivity index (χ1) is 58.0. The Morgan fingerprint density at radius 2 is 0.826 bits per heavy atom. The second kappa shape index (κ2) is 54.4. The van der Waals surface area contributed by atoms with Crippen LogP contribution in [0.15, 0.2) is 98.1 Å². The number of esters is 1. The smallest absolute Gasteiger partial charge is 0.442 e. The summed E-state index contributed by atoms with van der Waals surface area (Å²) in [5, 5.41) is 46.2. The molecule has 121 heavy (non-hydrogen) atoms. The van der Waals surface area contributed by atoms with Crippen molar-refractivity contribution in [3.63, 3.8) is 0 Å². The number of hydrogen-bond donors (Lipinski definition) is 13. The number of amides is 11. The third-order valence-corrected chi connectivity index (χ3v) is 21.9. The molecule has 2 saturated heterocycles. The van der Waals surface area contributed by atoms with Crippen molar-refractivity contribution in [2.75, 3.05) is 130 Å². The number of urea groups is 2. The topological polar surface area (TPSA) is 527 Å². The lowest BCUT2D eigenvalue weighted by molar-refractivity contribution is -0.195. The molecule has 3 aromatic carbocycles. The van der Waals surface area contributed by atoms with Crippen molar-refractivity contribution in [1.82, 2.24) is 47.9 Å². The third kappa shape index (κ3) is 38.1. The van der Waals surface area contributed by atoms with Gasteiger partial charge in [-0.25, -0.2) is 9.59 Å². The normalized spacial score (nSPS) is 17.0. The summed E-state index contributed by atoms with van der Waals surface area (Å²) in [5.74, 6) is 0.963. The van der Waals surface area contributed by atoms with Crippen LogP contribution in [0.1, 0.15) is 145 Å². The number of carbonyl (C=O) groups is 11. The number of aliphatic carboxylic acids is 1. The number of rotatable bonds is 59. The second-order valence-corrected chi connectivity index (χ2v) is 31.0. The Morgan fingerprint density at radius 1 is 0.463 bits per heavy atom. The number of alkyl halides is 6. The predicted molar refractivity (Wildman–Crippen MR) is 426 cm³/mol. The average molecular weight is 1780 g/mol. The van der Waals surface area contributed by atoms with Gasteiger partial charge in [-0.15, -0.1) is 29.8 Å². The fraction of sp³-hybridized carbons (Fsp3) is 0.613. The van der Waals surface area contributed by atoms with E-state index >= 15 is 0 Å². The van der Waals surface area contributed by atoms with Crippen LogP contribution < -0.4 is 65.2 Å². The summed E-state index contributed by atoms with van der Waals surface area (Å²) in [6, 6.07) is 11.2. The van der Waals surface area contributed by atoms with E-state index in [1.54, 1.807) is 12.1 Å². The molecular weight excluding hydrogens is 1670 g/mol. The van der Waals surface area contributed by atoms with Gasteiger partial charge in [-0.3, -0.25) is 43.2 Å². The van der Waals surface area contributed by atoms with E-state index in [-0.39, 0.29) is 92.2 Å². The quantitative estimate of drug-likeness (QED) is 0.00777. The Kier molecular flexibility index (Phi) is 45.3. The largest absolute Gasteiger partial charge is 0.481 e. The number of carbonyl (C=O) groups excluding carboxylic acids is 10. The summed E-state index contributed by atoms with van der Waals surface area (Å²) in [4.78, 5) is 139. The minimum atomic E-state index is -4.76. The summed E-state index contributed by atoms with van der Waals surface area (Å²) in [6.45, 7) is 5.02. The highest BCUT2D eigenvalue weighted by Gasteiger charge is 2.66. The van der Waals surface area contributed by atoms with Gasteiger partial charge in [-0.1, -0.05) is 37.1 Å². The lowest BCUT2D eigenvalue weighted by atomic mass is 10.0. The van der Waals surface area contributed by atoms with Gasteiger partial charge in [0.25, 0.3) is 17.7 Å². The van der Waals surface area contributed by atoms with Gasteiger partial charge in [0.05, 0.1) is 84.3 Å². The maximum atomic E-state index is 13.5. The molecular formula is C75H106F6N16O21S3. The zero-order chi connectivity index (χ0) is 87.9. The molecule has 0 aliphatic carbocycles. The highest BCUT2D eigenvalue weighted by molar-refractivity contribution is 8.00. The highest BCUT2D eigenvalue weighted by Crippen LogP contribution is 2.53. The van der Waals surface area contributed by atoms with E-state index < -0.39 is 102 Å². The van der Waals surface area contributed by atoms with Crippen molar-refractivity contribution < 1.29 is 127 Å². The van der Waals surface area contributed by atoms with E-state index in [4.69, 9.17) is 50.5 Å². The number of primary amides is 2. The van der Waals surface area contributed by atoms with E-state index in [0.29, 0.717) is 132 Å². The molecule has 0 spiro atoms. The van der Waals surface area contributed by atoms with Crippen LogP contribution in [0.2, 0.25) is 0 Å². The fourth-order valence-electron chi connectivity index (χ4n) is 12.0. The molecule has 3 aromatic rings. The van der Waals surface area contributed by atoms with Gasteiger partial charge in [0, 0.05) is 121 Å². The molecule has 4 aliphatic heterocycles. The molecule has 46 heteroatoms. The fourth-order valence-corrected chi connectivity index (χ4v) is 15.2. The first-order valence-corrected chi connectivity index (χ1v) is 42.1. The molecule has 0 aromatic heterocycles. The van der Waals surface area contributed by atoms with Crippen molar-refractivity contribution in [2.24, 2.45) is 37.8 Å². The van der Waals surface area contributed by atoms with Crippen molar-refractivity contribution in [3.8, 4) is 0 Å². The molecule has 0 bridgehead atoms. The van der Waals surface area contributed by atoms with Crippen molar-refractivity contribution in [3.05, 3.63) is 101 Å². The number of unbranched alkanes of at least 4 members (excludes halogenated alkanes) is 2. The van der Waals surface area contributed by atoms with Gasteiger partial charge in [-0.2, -0.15) is 55.8 Å². The molecule has 6 atom stereocenters. The van der Waals surface area contributed by atoms with Crippen molar-refractivity contribution in [1.29, 1.82) is 0 Å². The molecule has 0 unspecified atom stereocenters. The van der Waals surface area contributed by atoms with E-state index in [9.17, 15) is 84.2 Å². The third-order valence-electron chi connectivity index (χ3n) is 18.4. The SMILES string of the molecule is NC(=O)N[C@H]1CCS[C@H]1CCCCC(=O)NCCCOCCOCCOCCCNC(=O)[C@@H](CC(=O)O)NC(=O)c1ccc(C2(C(F)(F)F)N=N2)cc1.NOOSc1ccc(C(=O)NCCOC(=O)C[C@@H](NC(=O)c2ccc(C3(C(F)(F)F)N=N3)cc2)C(=O)NCCCOCCOCCOCCCNC(=O)CCCC[C@@H]2SCC[C@@H]2NC(N)=O)cc1. The van der Waals surface area contributed by atoms with Gasteiger partial charge < -0.3 is 97.6 Å². The number of nitrogens with two attached hydrogens (primary N) is 3. The molecule has 7 rings (SSSR count). The maximum absolute atomic E-state index is 13.5.